The molecule has 2 aliphatic heterocycles. The van der Waals surface area contributed by atoms with Crippen LogP contribution < -0.4 is 10.9 Å². The molecule has 8 nitrogen and oxygen atoms in total. The zero-order chi connectivity index (χ0) is 21.7. The van der Waals surface area contributed by atoms with E-state index in [2.05, 4.69) is 15.8 Å². The molecule has 0 spiro atoms. The van der Waals surface area contributed by atoms with Crippen molar-refractivity contribution >= 4 is 17.7 Å². The van der Waals surface area contributed by atoms with Crippen molar-refractivity contribution in [1.82, 2.24) is 25.0 Å². The third kappa shape index (κ3) is 5.10. The van der Waals surface area contributed by atoms with Crippen LogP contribution in [0.15, 0.2) is 42.6 Å². The second kappa shape index (κ2) is 9.62. The Kier molecular flexibility index (Phi) is 6.94. The number of carbonyl (C=O) groups is 2. The van der Waals surface area contributed by atoms with E-state index in [-0.39, 0.29) is 23.8 Å². The molecule has 1 aromatic carbocycles. The smallest absolute Gasteiger partial charge is 0.331 e. The summed E-state index contributed by atoms with van der Waals surface area (Å²) in [6, 6.07) is 4.63. The molecule has 3 rings (SSSR count). The van der Waals surface area contributed by atoms with Gasteiger partial charge in [0.2, 0.25) is 0 Å². The number of nitrogens with one attached hydrogen (secondary N) is 2. The number of nitrogens with zero attached hydrogens (tertiary/aromatic N) is 4. The molecule has 1 saturated heterocycles. The Balaban J connectivity index is 1.55. The molecule has 2 N–H and O–H groups in total. The summed E-state index contributed by atoms with van der Waals surface area (Å²) in [6.45, 7) is 4.92. The molecule has 0 radical (unpaired) electrons. The summed E-state index contributed by atoms with van der Waals surface area (Å²) < 4.78 is 15.0. The van der Waals surface area contributed by atoms with E-state index >= 15 is 0 Å². The molecule has 9 heteroatoms. The molecule has 0 bridgehead atoms. The Morgan fingerprint density at radius 1 is 1.17 bits per heavy atom. The van der Waals surface area contributed by atoms with Gasteiger partial charge in [-0.1, -0.05) is 24.3 Å². The van der Waals surface area contributed by atoms with Gasteiger partial charge in [0.15, 0.2) is 5.82 Å². The molecular formula is C21H29FN6O2. The van der Waals surface area contributed by atoms with Crippen LogP contribution in [0.25, 0.3) is 0 Å². The Labute approximate surface area is 176 Å². The fraction of sp³-hybridized carbons (Fsp3) is 0.429. The highest BCUT2D eigenvalue weighted by Gasteiger charge is 2.23. The number of rotatable bonds is 4. The van der Waals surface area contributed by atoms with Crippen LogP contribution in [0.5, 0.6) is 0 Å². The van der Waals surface area contributed by atoms with Crippen molar-refractivity contribution in [2.45, 2.75) is 19.5 Å². The predicted molar refractivity (Wildman–Crippen MR) is 114 cm³/mol. The molecule has 0 aromatic heterocycles. The van der Waals surface area contributed by atoms with Crippen molar-refractivity contribution in [3.8, 4) is 0 Å². The van der Waals surface area contributed by atoms with Gasteiger partial charge in [-0.2, -0.15) is 0 Å². The summed E-state index contributed by atoms with van der Waals surface area (Å²) >= 11 is 0. The van der Waals surface area contributed by atoms with E-state index in [0.29, 0.717) is 38.3 Å². The van der Waals surface area contributed by atoms with E-state index in [1.807, 2.05) is 19.1 Å². The Bertz CT molecular complexity index is 833. The zero-order valence-electron chi connectivity index (χ0n) is 17.6. The van der Waals surface area contributed by atoms with Crippen LogP contribution in [0.1, 0.15) is 12.5 Å². The highest BCUT2D eigenvalue weighted by Crippen LogP contribution is 2.20. The van der Waals surface area contributed by atoms with Crippen LogP contribution in [0.3, 0.4) is 0 Å². The lowest BCUT2D eigenvalue weighted by atomic mass is 10.1. The van der Waals surface area contributed by atoms with E-state index in [1.165, 1.54) is 4.90 Å². The maximum atomic E-state index is 15.0. The van der Waals surface area contributed by atoms with Crippen LogP contribution in [0, 0.1) is 5.82 Å². The van der Waals surface area contributed by atoms with Crippen LogP contribution in [-0.4, -0.2) is 78.0 Å². The zero-order valence-corrected chi connectivity index (χ0v) is 17.6. The van der Waals surface area contributed by atoms with Gasteiger partial charge in [-0.3, -0.25) is 20.7 Å². The first kappa shape index (κ1) is 21.6. The van der Waals surface area contributed by atoms with Crippen LogP contribution >= 0.6 is 0 Å². The lowest BCUT2D eigenvalue weighted by molar-refractivity contribution is 0.119. The van der Waals surface area contributed by atoms with Gasteiger partial charge < -0.3 is 9.80 Å². The van der Waals surface area contributed by atoms with Gasteiger partial charge >= 0.3 is 12.1 Å². The number of benzene rings is 1. The Morgan fingerprint density at radius 2 is 1.90 bits per heavy atom. The number of piperazine rings is 1. The highest BCUT2D eigenvalue weighted by molar-refractivity contribution is 5.77. The number of amides is 4. The van der Waals surface area contributed by atoms with Gasteiger partial charge in [-0.25, -0.2) is 14.0 Å². The molecule has 30 heavy (non-hydrogen) atoms. The molecule has 2 aliphatic rings. The van der Waals surface area contributed by atoms with Crippen LogP contribution in [0.2, 0.25) is 0 Å². The Hall–Kier alpha value is -3.07. The minimum atomic E-state index is -0.397. The molecule has 1 atom stereocenters. The first-order valence-electron chi connectivity index (χ1n) is 10.0. The third-order valence-corrected chi connectivity index (χ3v) is 5.22. The van der Waals surface area contributed by atoms with Crippen molar-refractivity contribution in [2.75, 3.05) is 45.7 Å². The molecule has 1 fully saturated rings. The predicted octanol–water partition coefficient (Wildman–Crippen LogP) is 2.44. The van der Waals surface area contributed by atoms with E-state index in [0.717, 1.165) is 0 Å². The van der Waals surface area contributed by atoms with E-state index in [9.17, 15) is 14.0 Å². The maximum absolute atomic E-state index is 15.0. The molecule has 1 unspecified atom stereocenters. The number of carbonyl (C=O) groups excluding carboxylic acids is 2. The fourth-order valence-corrected chi connectivity index (χ4v) is 3.45. The highest BCUT2D eigenvalue weighted by atomic mass is 19.1. The number of hydrogen-bond acceptors (Lipinski definition) is 4. The average Bonchev–Trinajstić information content (AvgIpc) is 2.74. The number of hydrazine groups is 1. The standard InChI is InChI=1S/C21H29FN6O2/c1-16-7-4-5-10-28(16)20(29)24-23-18-9-6-8-17(19(18)22)15-26-11-13-27(14-12-26)21(30)25(2)3/h4-10,16,23H,11-15H2,1-3H3,(H,24,29). The molecule has 2 heterocycles. The summed E-state index contributed by atoms with van der Waals surface area (Å²) in [6.07, 6.45) is 7.22. The second-order valence-electron chi connectivity index (χ2n) is 7.65. The number of urea groups is 2. The van der Waals surface area contributed by atoms with Crippen molar-refractivity contribution in [3.05, 3.63) is 54.0 Å². The summed E-state index contributed by atoms with van der Waals surface area (Å²) in [5, 5.41) is 0. The number of allylic oxidation sites excluding steroid dienone is 2. The first-order chi connectivity index (χ1) is 14.4. The van der Waals surface area contributed by atoms with Gasteiger partial charge in [0.05, 0.1) is 11.7 Å². The number of halogens is 1. The molecule has 0 aliphatic carbocycles. The Morgan fingerprint density at radius 3 is 2.57 bits per heavy atom. The topological polar surface area (TPSA) is 71.2 Å². The van der Waals surface area contributed by atoms with Gasteiger partial charge in [-0.15, -0.1) is 0 Å². The number of hydrogen-bond donors (Lipinski definition) is 2. The van der Waals surface area contributed by atoms with E-state index in [4.69, 9.17) is 0 Å². The molecule has 162 valence electrons. The molecule has 1 aromatic rings. The monoisotopic (exact) mass is 416 g/mol. The largest absolute Gasteiger partial charge is 0.340 e. The molecular weight excluding hydrogens is 387 g/mol. The van der Waals surface area contributed by atoms with Gasteiger partial charge in [0, 0.05) is 58.6 Å². The van der Waals surface area contributed by atoms with Gasteiger partial charge in [0.1, 0.15) is 0 Å². The second-order valence-corrected chi connectivity index (χ2v) is 7.65. The summed E-state index contributed by atoms with van der Waals surface area (Å²) in [7, 11) is 3.47. The van der Waals surface area contributed by atoms with Crippen molar-refractivity contribution in [3.63, 3.8) is 0 Å². The van der Waals surface area contributed by atoms with E-state index < -0.39 is 5.82 Å². The lowest BCUT2D eigenvalue weighted by Gasteiger charge is -2.36. The van der Waals surface area contributed by atoms with Crippen molar-refractivity contribution < 1.29 is 14.0 Å². The van der Waals surface area contributed by atoms with Gasteiger partial charge in [0.25, 0.3) is 0 Å². The van der Waals surface area contributed by atoms with Crippen molar-refractivity contribution in [1.29, 1.82) is 0 Å². The van der Waals surface area contributed by atoms with Gasteiger partial charge in [-0.05, 0) is 19.1 Å². The average molecular weight is 417 g/mol. The summed E-state index contributed by atoms with van der Waals surface area (Å²) in [5.41, 5.74) is 5.99. The fourth-order valence-electron chi connectivity index (χ4n) is 3.45. The van der Waals surface area contributed by atoms with Crippen molar-refractivity contribution in [2.24, 2.45) is 0 Å². The van der Waals surface area contributed by atoms with E-state index in [1.54, 1.807) is 54.4 Å². The number of anilines is 1. The summed E-state index contributed by atoms with van der Waals surface area (Å²) in [5.74, 6) is -0.397. The first-order valence-corrected chi connectivity index (χ1v) is 10.0. The quantitative estimate of drug-likeness (QED) is 0.740. The van der Waals surface area contributed by atoms with Crippen LogP contribution in [0.4, 0.5) is 19.7 Å². The lowest BCUT2D eigenvalue weighted by Crippen LogP contribution is -2.51. The normalized spacial score (nSPS) is 19.0. The molecule has 4 amide bonds. The summed E-state index contributed by atoms with van der Waals surface area (Å²) in [4.78, 5) is 31.4. The minimum absolute atomic E-state index is 0.00358. The molecule has 0 saturated carbocycles. The maximum Gasteiger partial charge on any atom is 0.340 e. The SMILES string of the molecule is CC1C=CC=CN1C(=O)NNc1cccc(CN2CCN(C(=O)N(C)C)CC2)c1F. The van der Waals surface area contributed by atoms with Crippen LogP contribution in [-0.2, 0) is 6.54 Å². The third-order valence-electron chi connectivity index (χ3n) is 5.22. The minimum Gasteiger partial charge on any atom is -0.331 e.